The van der Waals surface area contributed by atoms with Gasteiger partial charge in [-0.2, -0.15) is 0 Å². The van der Waals surface area contributed by atoms with Crippen molar-refractivity contribution in [3.8, 4) is 5.75 Å². The number of benzene rings is 1. The van der Waals surface area contributed by atoms with Gasteiger partial charge in [0.15, 0.2) is 0 Å². The molecule has 28 heavy (non-hydrogen) atoms. The maximum Gasteiger partial charge on any atom is 0.327 e. The molecular weight excluding hydrogens is 378 g/mol. The molecule has 8 heteroatoms. The largest absolute Gasteiger partial charge is 0.497 e. The third kappa shape index (κ3) is 3.35. The third-order valence-corrected chi connectivity index (χ3v) is 6.13. The van der Waals surface area contributed by atoms with Gasteiger partial charge >= 0.3 is 6.03 Å². The first-order valence-corrected chi connectivity index (χ1v) is 10.0. The molecule has 3 heterocycles. The van der Waals surface area contributed by atoms with Crippen molar-refractivity contribution in [2.45, 2.75) is 12.5 Å². The van der Waals surface area contributed by atoms with E-state index in [0.29, 0.717) is 37.4 Å². The van der Waals surface area contributed by atoms with Crippen LogP contribution < -0.4 is 4.74 Å². The molecule has 2 saturated heterocycles. The Morgan fingerprint density at radius 3 is 2.64 bits per heavy atom. The summed E-state index contributed by atoms with van der Waals surface area (Å²) in [4.78, 5) is 44.0. The normalized spacial score (nSPS) is 19.2. The average Bonchev–Trinajstić information content (AvgIpc) is 3.33. The Bertz CT molecular complexity index is 881. The average molecular weight is 399 g/mol. The van der Waals surface area contributed by atoms with Gasteiger partial charge in [0.05, 0.1) is 13.7 Å². The molecule has 1 atom stereocenters. The van der Waals surface area contributed by atoms with Gasteiger partial charge in [0, 0.05) is 30.1 Å². The number of hydrogen-bond acceptors (Lipinski definition) is 5. The summed E-state index contributed by atoms with van der Waals surface area (Å²) in [7, 11) is 1.57. The van der Waals surface area contributed by atoms with Crippen molar-refractivity contribution in [1.29, 1.82) is 0 Å². The highest BCUT2D eigenvalue weighted by Gasteiger charge is 2.48. The summed E-state index contributed by atoms with van der Waals surface area (Å²) >= 11 is 1.61. The first kappa shape index (κ1) is 18.5. The van der Waals surface area contributed by atoms with Crippen LogP contribution in [-0.4, -0.2) is 71.9 Å². The summed E-state index contributed by atoms with van der Waals surface area (Å²) < 4.78 is 5.12. The number of nitrogens with zero attached hydrogens (tertiary/aromatic N) is 3. The molecule has 4 rings (SSSR count). The highest BCUT2D eigenvalue weighted by atomic mass is 32.1. The Morgan fingerprint density at radius 1 is 1.18 bits per heavy atom. The van der Waals surface area contributed by atoms with Gasteiger partial charge in [0.25, 0.3) is 11.8 Å². The molecule has 0 spiro atoms. The van der Waals surface area contributed by atoms with Crippen LogP contribution in [0.15, 0.2) is 41.8 Å². The maximum absolute atomic E-state index is 12.8. The van der Waals surface area contributed by atoms with E-state index >= 15 is 0 Å². The molecule has 0 radical (unpaired) electrons. The monoisotopic (exact) mass is 399 g/mol. The van der Waals surface area contributed by atoms with Crippen LogP contribution in [0.3, 0.4) is 0 Å². The Hall–Kier alpha value is -2.87. The second-order valence-corrected chi connectivity index (χ2v) is 7.82. The molecule has 146 valence electrons. The SMILES string of the molecule is COc1ccc(C(=O)N2CCN3C(=O)N(CCc4cccs4)C(=O)[C@H]3C2)cc1. The fourth-order valence-corrected chi connectivity index (χ4v) is 4.33. The van der Waals surface area contributed by atoms with Crippen LogP contribution in [0, 0.1) is 0 Å². The zero-order valence-corrected chi connectivity index (χ0v) is 16.4. The van der Waals surface area contributed by atoms with Crippen molar-refractivity contribution in [3.05, 3.63) is 52.2 Å². The number of carbonyl (C=O) groups is 3. The van der Waals surface area contributed by atoms with E-state index in [1.165, 1.54) is 4.90 Å². The fraction of sp³-hybridized carbons (Fsp3) is 0.350. The zero-order chi connectivity index (χ0) is 19.7. The highest BCUT2D eigenvalue weighted by Crippen LogP contribution is 2.24. The maximum atomic E-state index is 12.8. The highest BCUT2D eigenvalue weighted by molar-refractivity contribution is 7.09. The van der Waals surface area contributed by atoms with Crippen LogP contribution in [0.1, 0.15) is 15.2 Å². The summed E-state index contributed by atoms with van der Waals surface area (Å²) in [6, 6.07) is 10.0. The molecule has 2 aliphatic heterocycles. The molecule has 0 bridgehead atoms. The van der Waals surface area contributed by atoms with E-state index < -0.39 is 6.04 Å². The van der Waals surface area contributed by atoms with E-state index in [2.05, 4.69) is 0 Å². The number of piperazine rings is 1. The molecule has 7 nitrogen and oxygen atoms in total. The van der Waals surface area contributed by atoms with Crippen molar-refractivity contribution in [2.75, 3.05) is 33.3 Å². The minimum atomic E-state index is -0.591. The van der Waals surface area contributed by atoms with Crippen LogP contribution in [-0.2, 0) is 11.2 Å². The van der Waals surface area contributed by atoms with E-state index in [-0.39, 0.29) is 24.4 Å². The van der Waals surface area contributed by atoms with Crippen molar-refractivity contribution < 1.29 is 19.1 Å². The number of amides is 4. The molecule has 2 aliphatic rings. The number of thiophene rings is 1. The molecule has 2 aromatic rings. The smallest absolute Gasteiger partial charge is 0.327 e. The van der Waals surface area contributed by atoms with Gasteiger partial charge in [-0.1, -0.05) is 6.07 Å². The molecule has 0 unspecified atom stereocenters. The first-order chi connectivity index (χ1) is 13.6. The summed E-state index contributed by atoms with van der Waals surface area (Å²) in [6.45, 7) is 1.38. The number of urea groups is 1. The Kier molecular flexibility index (Phi) is 5.04. The molecule has 1 aromatic carbocycles. The quantitative estimate of drug-likeness (QED) is 0.722. The van der Waals surface area contributed by atoms with E-state index in [1.807, 2.05) is 17.5 Å². The molecule has 0 saturated carbocycles. The van der Waals surface area contributed by atoms with Crippen LogP contribution in [0.5, 0.6) is 5.75 Å². The number of hydrogen-bond donors (Lipinski definition) is 0. The lowest BCUT2D eigenvalue weighted by Gasteiger charge is -2.35. The standard InChI is InChI=1S/C20H21N3O4S/c1-27-15-6-4-14(5-7-15)18(24)21-10-11-22-17(13-21)19(25)23(20(22)26)9-8-16-3-2-12-28-16/h2-7,12,17H,8-11,13H2,1H3/t17-/m1/s1. The summed E-state index contributed by atoms with van der Waals surface area (Å²) in [6.07, 6.45) is 0.657. The van der Waals surface area contributed by atoms with Crippen LogP contribution in [0.2, 0.25) is 0 Å². The summed E-state index contributed by atoms with van der Waals surface area (Å²) in [5, 5.41) is 1.98. The number of imide groups is 1. The third-order valence-electron chi connectivity index (χ3n) is 5.19. The summed E-state index contributed by atoms with van der Waals surface area (Å²) in [5.74, 6) is 0.327. The van der Waals surface area contributed by atoms with Gasteiger partial charge in [0.1, 0.15) is 11.8 Å². The summed E-state index contributed by atoms with van der Waals surface area (Å²) in [5.41, 5.74) is 0.542. The number of carbonyl (C=O) groups excluding carboxylic acids is 3. The number of rotatable bonds is 5. The van der Waals surface area contributed by atoms with Gasteiger partial charge in [-0.05, 0) is 42.1 Å². The van der Waals surface area contributed by atoms with E-state index in [1.54, 1.807) is 52.5 Å². The first-order valence-electron chi connectivity index (χ1n) is 9.16. The van der Waals surface area contributed by atoms with Crippen LogP contribution in [0.25, 0.3) is 0 Å². The topological polar surface area (TPSA) is 70.2 Å². The molecular formula is C20H21N3O4S. The lowest BCUT2D eigenvalue weighted by molar-refractivity contribution is -0.129. The van der Waals surface area contributed by atoms with E-state index in [9.17, 15) is 14.4 Å². The molecule has 2 fully saturated rings. The Labute approximate surface area is 167 Å². The minimum absolute atomic E-state index is 0.139. The van der Waals surface area contributed by atoms with Crippen LogP contribution in [0.4, 0.5) is 4.79 Å². The van der Waals surface area contributed by atoms with Gasteiger partial charge in [-0.3, -0.25) is 14.5 Å². The Morgan fingerprint density at radius 2 is 1.96 bits per heavy atom. The fourth-order valence-electron chi connectivity index (χ4n) is 3.64. The lowest BCUT2D eigenvalue weighted by atomic mass is 10.1. The van der Waals surface area contributed by atoms with Gasteiger partial charge in [-0.25, -0.2) is 4.79 Å². The molecule has 0 aliphatic carbocycles. The predicted octanol–water partition coefficient (Wildman–Crippen LogP) is 2.09. The van der Waals surface area contributed by atoms with Gasteiger partial charge < -0.3 is 14.5 Å². The Balaban J connectivity index is 1.43. The number of methoxy groups -OCH3 is 1. The zero-order valence-electron chi connectivity index (χ0n) is 15.5. The van der Waals surface area contributed by atoms with Gasteiger partial charge in [0.2, 0.25) is 0 Å². The molecule has 1 aromatic heterocycles. The van der Waals surface area contributed by atoms with E-state index in [4.69, 9.17) is 4.74 Å². The van der Waals surface area contributed by atoms with Crippen molar-refractivity contribution in [1.82, 2.24) is 14.7 Å². The number of ether oxygens (including phenoxy) is 1. The predicted molar refractivity (Wildman–Crippen MR) is 105 cm³/mol. The van der Waals surface area contributed by atoms with Gasteiger partial charge in [-0.15, -0.1) is 11.3 Å². The second kappa shape index (κ2) is 7.63. The minimum Gasteiger partial charge on any atom is -0.497 e. The van der Waals surface area contributed by atoms with Crippen molar-refractivity contribution in [2.24, 2.45) is 0 Å². The molecule has 0 N–H and O–H groups in total. The second-order valence-electron chi connectivity index (χ2n) is 6.79. The van der Waals surface area contributed by atoms with Crippen molar-refractivity contribution in [3.63, 3.8) is 0 Å². The molecule has 4 amide bonds. The van der Waals surface area contributed by atoms with E-state index in [0.717, 1.165) is 4.88 Å². The van der Waals surface area contributed by atoms with Crippen molar-refractivity contribution >= 4 is 29.2 Å². The number of fused-ring (bicyclic) bond motifs is 1. The van der Waals surface area contributed by atoms with Crippen LogP contribution >= 0.6 is 11.3 Å². The lowest BCUT2D eigenvalue weighted by Crippen LogP contribution is -2.54.